The molecule has 1 aliphatic rings. The van der Waals surface area contributed by atoms with Crippen LogP contribution in [0.2, 0.25) is 5.02 Å². The minimum Gasteiger partial charge on any atom is -0.372 e. The van der Waals surface area contributed by atoms with Crippen LogP contribution in [0.5, 0.6) is 0 Å². The molecule has 6 heteroatoms. The van der Waals surface area contributed by atoms with Crippen LogP contribution in [0.15, 0.2) is 60.7 Å². The van der Waals surface area contributed by atoms with Gasteiger partial charge < -0.3 is 9.64 Å². The van der Waals surface area contributed by atoms with E-state index >= 15 is 0 Å². The lowest BCUT2D eigenvalue weighted by Crippen LogP contribution is -2.48. The smallest absolute Gasteiger partial charge is 0.272 e. The molecular formula is C22H22ClN3O2. The first-order valence-corrected chi connectivity index (χ1v) is 9.76. The maximum atomic E-state index is 13.4. The summed E-state index contributed by atoms with van der Waals surface area (Å²) < 4.78 is 7.47. The Bertz CT molecular complexity index is 976. The molecule has 5 nitrogen and oxygen atoms in total. The first kappa shape index (κ1) is 18.7. The van der Waals surface area contributed by atoms with Crippen molar-refractivity contribution >= 4 is 17.5 Å². The Morgan fingerprint density at radius 2 is 1.68 bits per heavy atom. The van der Waals surface area contributed by atoms with Crippen LogP contribution in [0, 0.1) is 0 Å². The number of hydrogen-bond donors (Lipinski definition) is 0. The molecule has 1 aliphatic heterocycles. The Labute approximate surface area is 169 Å². The van der Waals surface area contributed by atoms with Gasteiger partial charge in [-0.2, -0.15) is 5.10 Å². The summed E-state index contributed by atoms with van der Waals surface area (Å²) in [5, 5.41) is 5.32. The fourth-order valence-electron chi connectivity index (χ4n) is 3.61. The molecule has 0 aliphatic carbocycles. The molecule has 1 aromatic heterocycles. The van der Waals surface area contributed by atoms with E-state index in [0.29, 0.717) is 29.5 Å². The normalized spacial score (nSPS) is 19.6. The van der Waals surface area contributed by atoms with Crippen LogP contribution < -0.4 is 0 Å². The Morgan fingerprint density at radius 1 is 1.04 bits per heavy atom. The number of carbonyl (C=O) groups excluding carboxylic acids is 1. The van der Waals surface area contributed by atoms with Crippen molar-refractivity contribution in [3.05, 3.63) is 71.4 Å². The van der Waals surface area contributed by atoms with E-state index in [9.17, 15) is 4.79 Å². The van der Waals surface area contributed by atoms with Gasteiger partial charge in [0.25, 0.3) is 5.91 Å². The van der Waals surface area contributed by atoms with E-state index in [-0.39, 0.29) is 18.1 Å². The van der Waals surface area contributed by atoms with Crippen LogP contribution in [0.25, 0.3) is 16.9 Å². The van der Waals surface area contributed by atoms with Gasteiger partial charge >= 0.3 is 0 Å². The molecule has 2 heterocycles. The summed E-state index contributed by atoms with van der Waals surface area (Å²) >= 11 is 6.37. The predicted octanol–water partition coefficient (Wildman–Crippen LogP) is 4.44. The van der Waals surface area contributed by atoms with Crippen molar-refractivity contribution in [2.75, 3.05) is 13.1 Å². The Balaban J connectivity index is 1.79. The molecule has 0 bridgehead atoms. The van der Waals surface area contributed by atoms with E-state index in [1.165, 1.54) is 0 Å². The predicted molar refractivity (Wildman–Crippen MR) is 110 cm³/mol. The van der Waals surface area contributed by atoms with Crippen molar-refractivity contribution in [1.29, 1.82) is 0 Å². The van der Waals surface area contributed by atoms with Crippen molar-refractivity contribution in [3.8, 4) is 16.9 Å². The first-order valence-electron chi connectivity index (χ1n) is 9.38. The highest BCUT2D eigenvalue weighted by atomic mass is 35.5. The van der Waals surface area contributed by atoms with Gasteiger partial charge in [-0.05, 0) is 38.1 Å². The standard InChI is InChI=1S/C22H22ClN3O2/c1-15-13-25(14-16(2)28-15)22(27)21-12-20(18-10-6-7-11-19(18)23)24-26(21)17-8-4-3-5-9-17/h3-12,15-16H,13-14H2,1-2H3. The first-order chi connectivity index (χ1) is 13.5. The van der Waals surface area contributed by atoms with Crippen LogP contribution in [0.4, 0.5) is 0 Å². The van der Waals surface area contributed by atoms with E-state index in [0.717, 1.165) is 11.3 Å². The van der Waals surface area contributed by atoms with Gasteiger partial charge in [0.05, 0.1) is 28.6 Å². The highest BCUT2D eigenvalue weighted by Crippen LogP contribution is 2.29. The van der Waals surface area contributed by atoms with E-state index in [1.54, 1.807) is 4.68 Å². The summed E-state index contributed by atoms with van der Waals surface area (Å²) in [6.07, 6.45) is 0.00710. The summed E-state index contributed by atoms with van der Waals surface area (Å²) in [7, 11) is 0. The molecule has 2 unspecified atom stereocenters. The lowest BCUT2D eigenvalue weighted by Gasteiger charge is -2.35. The number of aromatic nitrogens is 2. The quantitative estimate of drug-likeness (QED) is 0.658. The maximum Gasteiger partial charge on any atom is 0.272 e. The summed E-state index contributed by atoms with van der Waals surface area (Å²) in [5.41, 5.74) is 2.82. The average Bonchev–Trinajstić information content (AvgIpc) is 3.13. The number of benzene rings is 2. The van der Waals surface area contributed by atoms with Crippen molar-refractivity contribution in [2.45, 2.75) is 26.1 Å². The van der Waals surface area contributed by atoms with E-state index in [2.05, 4.69) is 0 Å². The molecule has 4 rings (SSSR count). The highest BCUT2D eigenvalue weighted by Gasteiger charge is 2.29. The molecule has 0 radical (unpaired) electrons. The minimum atomic E-state index is -0.0587. The number of para-hydroxylation sites is 1. The fourth-order valence-corrected chi connectivity index (χ4v) is 3.84. The molecule has 1 saturated heterocycles. The third-order valence-electron chi connectivity index (χ3n) is 4.79. The van der Waals surface area contributed by atoms with Gasteiger partial charge in [0.1, 0.15) is 5.69 Å². The summed E-state index contributed by atoms with van der Waals surface area (Å²) in [6, 6.07) is 19.0. The Morgan fingerprint density at radius 3 is 2.36 bits per heavy atom. The van der Waals surface area contributed by atoms with Crippen molar-refractivity contribution < 1.29 is 9.53 Å². The summed E-state index contributed by atoms with van der Waals surface area (Å²) in [6.45, 7) is 5.09. The molecule has 1 amide bonds. The molecule has 3 aromatic rings. The SMILES string of the molecule is CC1CN(C(=O)c2cc(-c3ccccc3Cl)nn2-c2ccccc2)CC(C)O1. The van der Waals surface area contributed by atoms with Gasteiger partial charge in [0, 0.05) is 18.7 Å². The van der Waals surface area contributed by atoms with Crippen molar-refractivity contribution in [1.82, 2.24) is 14.7 Å². The van der Waals surface area contributed by atoms with Crippen molar-refractivity contribution in [3.63, 3.8) is 0 Å². The number of morpholine rings is 1. The minimum absolute atomic E-state index is 0.00355. The third-order valence-corrected chi connectivity index (χ3v) is 5.12. The Kier molecular flexibility index (Phi) is 5.20. The number of nitrogens with zero attached hydrogens (tertiary/aromatic N) is 3. The fraction of sp³-hybridized carbons (Fsp3) is 0.273. The number of ether oxygens (including phenoxy) is 1. The Hall–Kier alpha value is -2.63. The topological polar surface area (TPSA) is 47.4 Å². The monoisotopic (exact) mass is 395 g/mol. The van der Waals surface area contributed by atoms with Crippen LogP contribution in [0.3, 0.4) is 0 Å². The van der Waals surface area contributed by atoms with Gasteiger partial charge in [-0.3, -0.25) is 4.79 Å². The highest BCUT2D eigenvalue weighted by molar-refractivity contribution is 6.33. The zero-order valence-corrected chi connectivity index (χ0v) is 16.6. The van der Waals surface area contributed by atoms with Gasteiger partial charge in [-0.15, -0.1) is 0 Å². The lowest BCUT2D eigenvalue weighted by molar-refractivity contribution is -0.0588. The molecule has 2 atom stereocenters. The van der Waals surface area contributed by atoms with Gasteiger partial charge in [0.15, 0.2) is 0 Å². The summed E-state index contributed by atoms with van der Waals surface area (Å²) in [4.78, 5) is 15.2. The molecule has 0 saturated carbocycles. The number of halogens is 1. The van der Waals surface area contributed by atoms with Crippen LogP contribution in [-0.2, 0) is 4.74 Å². The lowest BCUT2D eigenvalue weighted by atomic mass is 10.1. The van der Waals surface area contributed by atoms with Gasteiger partial charge in [-0.1, -0.05) is 48.0 Å². The number of amides is 1. The molecule has 0 spiro atoms. The van der Waals surface area contributed by atoms with E-state index < -0.39 is 0 Å². The van der Waals surface area contributed by atoms with Gasteiger partial charge in [-0.25, -0.2) is 4.68 Å². The summed E-state index contributed by atoms with van der Waals surface area (Å²) in [5.74, 6) is -0.0587. The number of hydrogen-bond acceptors (Lipinski definition) is 3. The van der Waals surface area contributed by atoms with Crippen molar-refractivity contribution in [2.24, 2.45) is 0 Å². The molecule has 144 valence electrons. The zero-order valence-electron chi connectivity index (χ0n) is 15.9. The number of rotatable bonds is 3. The maximum absolute atomic E-state index is 13.4. The van der Waals surface area contributed by atoms with Gasteiger partial charge in [0.2, 0.25) is 0 Å². The second-order valence-corrected chi connectivity index (χ2v) is 7.52. The van der Waals surface area contributed by atoms with Crippen LogP contribution in [-0.4, -0.2) is 45.9 Å². The second-order valence-electron chi connectivity index (χ2n) is 7.11. The van der Waals surface area contributed by atoms with Crippen LogP contribution >= 0.6 is 11.6 Å². The molecule has 28 heavy (non-hydrogen) atoms. The second kappa shape index (κ2) is 7.78. The average molecular weight is 396 g/mol. The largest absolute Gasteiger partial charge is 0.372 e. The van der Waals surface area contributed by atoms with E-state index in [4.69, 9.17) is 21.4 Å². The van der Waals surface area contributed by atoms with E-state index in [1.807, 2.05) is 79.4 Å². The molecule has 2 aromatic carbocycles. The zero-order chi connectivity index (χ0) is 19.7. The number of carbonyl (C=O) groups is 1. The van der Waals surface area contributed by atoms with Crippen LogP contribution in [0.1, 0.15) is 24.3 Å². The molecule has 1 fully saturated rings. The molecular weight excluding hydrogens is 374 g/mol. The third kappa shape index (κ3) is 3.68. The molecule has 0 N–H and O–H groups in total.